The molecule has 52 heavy (non-hydrogen) atoms. The van der Waals surface area contributed by atoms with Crippen molar-refractivity contribution in [2.24, 2.45) is 11.8 Å². The first kappa shape index (κ1) is 47.8. The minimum Gasteiger partial charge on any atom is -0.462 e. The smallest absolute Gasteiger partial charge is 0.306 e. The molecule has 300 valence electrons. The fraction of sp³-hybridized carbons (Fsp3) is 0.800. The highest BCUT2D eigenvalue weighted by molar-refractivity contribution is 5.95. The van der Waals surface area contributed by atoms with Gasteiger partial charge in [-0.05, 0) is 44.1 Å². The van der Waals surface area contributed by atoms with Gasteiger partial charge in [0, 0.05) is 18.8 Å². The molecule has 0 bridgehead atoms. The number of unbranched alkanes of at least 4 members (excludes halogenated alkanes) is 21. The van der Waals surface area contributed by atoms with Crippen molar-refractivity contribution in [3.63, 3.8) is 0 Å². The van der Waals surface area contributed by atoms with E-state index in [2.05, 4.69) is 13.8 Å². The predicted octanol–water partition coefficient (Wildman–Crippen LogP) is 11.2. The van der Waals surface area contributed by atoms with Crippen molar-refractivity contribution in [2.45, 2.75) is 206 Å². The van der Waals surface area contributed by atoms with E-state index in [1.165, 1.54) is 103 Å². The standard InChI is InChI=1S/C45H78O7/c1-3-5-7-8-9-10-11-12-13-14-15-16-17-18-19-20-21-22-27-31-44(49)51-38-41(37-46)52-45(50)32-28-24-23-26-29-39-33-36-43(48)42(39)35-34-40(47)30-25-6-4-2/h23,26,33-36,39-42,46-47H,3-22,24-25,27-32,37-38H2,1-2H3/b26-23-,35-34+/t39-,40-,41-,42+/m0/s1. The molecule has 0 aromatic heterocycles. The van der Waals surface area contributed by atoms with E-state index in [9.17, 15) is 24.6 Å². The highest BCUT2D eigenvalue weighted by atomic mass is 16.6. The summed E-state index contributed by atoms with van der Waals surface area (Å²) in [6.45, 7) is 3.89. The molecule has 7 nitrogen and oxygen atoms in total. The number of hydrogen-bond donors (Lipinski definition) is 2. The van der Waals surface area contributed by atoms with Crippen LogP contribution in [-0.4, -0.2) is 53.4 Å². The van der Waals surface area contributed by atoms with Gasteiger partial charge in [-0.3, -0.25) is 14.4 Å². The van der Waals surface area contributed by atoms with Crippen molar-refractivity contribution in [2.75, 3.05) is 13.2 Å². The molecule has 0 aromatic carbocycles. The van der Waals surface area contributed by atoms with Gasteiger partial charge in [-0.1, -0.05) is 179 Å². The van der Waals surface area contributed by atoms with Crippen molar-refractivity contribution in [3.05, 3.63) is 36.5 Å². The van der Waals surface area contributed by atoms with Gasteiger partial charge in [0.15, 0.2) is 11.9 Å². The molecule has 0 saturated heterocycles. The van der Waals surface area contributed by atoms with E-state index in [1.54, 1.807) is 12.2 Å². The third kappa shape index (κ3) is 27.4. The maximum Gasteiger partial charge on any atom is 0.306 e. The summed E-state index contributed by atoms with van der Waals surface area (Å²) < 4.78 is 10.6. The van der Waals surface area contributed by atoms with Gasteiger partial charge < -0.3 is 19.7 Å². The number of ketones is 1. The summed E-state index contributed by atoms with van der Waals surface area (Å²) in [5.74, 6) is -0.827. The number of hydrogen-bond acceptors (Lipinski definition) is 7. The fourth-order valence-electron chi connectivity index (χ4n) is 6.78. The van der Waals surface area contributed by atoms with E-state index in [1.807, 2.05) is 24.3 Å². The molecule has 0 radical (unpaired) electrons. The van der Waals surface area contributed by atoms with Crippen LogP contribution in [0.5, 0.6) is 0 Å². The summed E-state index contributed by atoms with van der Waals surface area (Å²) in [7, 11) is 0. The molecule has 0 saturated carbocycles. The van der Waals surface area contributed by atoms with Crippen LogP contribution in [0.4, 0.5) is 0 Å². The number of carbonyl (C=O) groups excluding carboxylic acids is 3. The number of ether oxygens (including phenoxy) is 2. The van der Waals surface area contributed by atoms with Crippen LogP contribution in [0, 0.1) is 11.8 Å². The number of allylic oxidation sites excluding steroid dienone is 5. The first-order valence-corrected chi connectivity index (χ1v) is 21.6. The van der Waals surface area contributed by atoms with Crippen molar-refractivity contribution in [1.29, 1.82) is 0 Å². The Hall–Kier alpha value is -2.25. The van der Waals surface area contributed by atoms with Gasteiger partial charge in [0.05, 0.1) is 12.7 Å². The Labute approximate surface area is 318 Å². The highest BCUT2D eigenvalue weighted by Crippen LogP contribution is 2.27. The Morgan fingerprint density at radius 1 is 0.712 bits per heavy atom. The van der Waals surface area contributed by atoms with Gasteiger partial charge in [-0.15, -0.1) is 0 Å². The summed E-state index contributed by atoms with van der Waals surface area (Å²) in [5.41, 5.74) is 0. The van der Waals surface area contributed by atoms with Gasteiger partial charge >= 0.3 is 11.9 Å². The monoisotopic (exact) mass is 731 g/mol. The van der Waals surface area contributed by atoms with Gasteiger partial charge in [0.25, 0.3) is 0 Å². The number of rotatable bonds is 36. The molecule has 2 N–H and O–H groups in total. The molecule has 1 aliphatic rings. The molecule has 0 unspecified atom stereocenters. The summed E-state index contributed by atoms with van der Waals surface area (Å²) in [5, 5.41) is 19.8. The maximum absolute atomic E-state index is 12.3. The summed E-state index contributed by atoms with van der Waals surface area (Å²) in [6, 6.07) is 0. The van der Waals surface area contributed by atoms with Crippen LogP contribution in [-0.2, 0) is 23.9 Å². The zero-order valence-corrected chi connectivity index (χ0v) is 33.4. The SMILES string of the molecule is CCCCCCCCCCCCCCCCCCCCCC(=O)OC[C@H](CO)OC(=O)CCC/C=C\C[C@H]1C=CC(=O)[C@@H]1/C=C/[C@@H](O)CCCCC. The van der Waals surface area contributed by atoms with Crippen LogP contribution in [0.15, 0.2) is 36.5 Å². The Bertz CT molecular complexity index is 971. The van der Waals surface area contributed by atoms with Crippen LogP contribution in [0.25, 0.3) is 0 Å². The molecule has 1 aliphatic carbocycles. The maximum atomic E-state index is 12.3. The van der Waals surface area contributed by atoms with E-state index >= 15 is 0 Å². The highest BCUT2D eigenvalue weighted by Gasteiger charge is 2.27. The number of aliphatic hydroxyl groups is 2. The minimum atomic E-state index is -0.848. The summed E-state index contributed by atoms with van der Waals surface area (Å²) >= 11 is 0. The second-order valence-electron chi connectivity index (χ2n) is 15.1. The second-order valence-corrected chi connectivity index (χ2v) is 15.1. The first-order chi connectivity index (χ1) is 25.4. The van der Waals surface area contributed by atoms with Gasteiger partial charge in [0.1, 0.15) is 6.61 Å². The van der Waals surface area contributed by atoms with Crippen molar-refractivity contribution in [1.82, 2.24) is 0 Å². The fourth-order valence-corrected chi connectivity index (χ4v) is 6.78. The van der Waals surface area contributed by atoms with Crippen LogP contribution in [0.2, 0.25) is 0 Å². The average molecular weight is 731 g/mol. The molecule has 4 atom stereocenters. The van der Waals surface area contributed by atoms with E-state index in [-0.39, 0.29) is 36.6 Å². The molecule has 0 aliphatic heterocycles. The molecule has 0 amide bonds. The van der Waals surface area contributed by atoms with Gasteiger partial charge in [0.2, 0.25) is 0 Å². The Kier molecular flexibility index (Phi) is 31.7. The summed E-state index contributed by atoms with van der Waals surface area (Å²) in [4.78, 5) is 36.7. The number of carbonyl (C=O) groups is 3. The van der Waals surface area contributed by atoms with E-state index in [0.717, 1.165) is 44.9 Å². The molecule has 0 heterocycles. The third-order valence-corrected chi connectivity index (χ3v) is 10.2. The lowest BCUT2D eigenvalue weighted by Crippen LogP contribution is -2.28. The minimum absolute atomic E-state index is 0.0722. The van der Waals surface area contributed by atoms with E-state index in [4.69, 9.17) is 9.47 Å². The van der Waals surface area contributed by atoms with E-state index in [0.29, 0.717) is 25.7 Å². The molecule has 7 heteroatoms. The number of esters is 2. The molecule has 1 rings (SSSR count). The van der Waals surface area contributed by atoms with E-state index < -0.39 is 24.8 Å². The Morgan fingerprint density at radius 2 is 1.23 bits per heavy atom. The zero-order valence-electron chi connectivity index (χ0n) is 33.4. The lowest BCUT2D eigenvalue weighted by Gasteiger charge is -2.15. The second kappa shape index (κ2) is 34.5. The lowest BCUT2D eigenvalue weighted by molar-refractivity contribution is -0.161. The summed E-state index contributed by atoms with van der Waals surface area (Å²) in [6.07, 6.45) is 41.2. The molecule has 0 spiro atoms. The predicted molar refractivity (Wildman–Crippen MR) is 214 cm³/mol. The normalized spacial score (nSPS) is 17.0. The molecule has 0 fully saturated rings. The van der Waals surface area contributed by atoms with Crippen molar-refractivity contribution >= 4 is 17.7 Å². The van der Waals surface area contributed by atoms with Gasteiger partial charge in [-0.25, -0.2) is 0 Å². The molecular weight excluding hydrogens is 652 g/mol. The van der Waals surface area contributed by atoms with Crippen LogP contribution in [0.1, 0.15) is 194 Å². The Balaban J connectivity index is 2.01. The Morgan fingerprint density at radius 3 is 1.79 bits per heavy atom. The largest absolute Gasteiger partial charge is 0.462 e. The van der Waals surface area contributed by atoms with Crippen LogP contribution >= 0.6 is 0 Å². The first-order valence-electron chi connectivity index (χ1n) is 21.6. The van der Waals surface area contributed by atoms with Crippen molar-refractivity contribution < 1.29 is 34.1 Å². The van der Waals surface area contributed by atoms with Crippen molar-refractivity contribution in [3.8, 4) is 0 Å². The lowest BCUT2D eigenvalue weighted by atomic mass is 9.90. The van der Waals surface area contributed by atoms with Gasteiger partial charge in [-0.2, -0.15) is 0 Å². The molecular formula is C45H78O7. The number of aliphatic hydroxyl groups excluding tert-OH is 2. The zero-order chi connectivity index (χ0) is 37.9. The van der Waals surface area contributed by atoms with Crippen LogP contribution in [0.3, 0.4) is 0 Å². The average Bonchev–Trinajstić information content (AvgIpc) is 3.49. The topological polar surface area (TPSA) is 110 Å². The quantitative estimate of drug-likeness (QED) is 0.0375. The van der Waals surface area contributed by atoms with Crippen LogP contribution < -0.4 is 0 Å². The molecule has 0 aromatic rings. The third-order valence-electron chi connectivity index (χ3n) is 10.2.